The molecule has 4 heteroatoms. The molecule has 0 aliphatic carbocycles. The first kappa shape index (κ1) is 15.4. The Kier molecular flexibility index (Phi) is 4.32. The normalized spacial score (nSPS) is 20.0. The minimum absolute atomic E-state index is 0.0300. The molecule has 2 aromatic rings. The smallest absolute Gasteiger partial charge is 0.239 e. The van der Waals surface area contributed by atoms with Gasteiger partial charge in [0.15, 0.2) is 0 Å². The molecule has 2 aliphatic heterocycles. The molecule has 24 heavy (non-hydrogen) atoms. The second-order valence-electron chi connectivity index (χ2n) is 6.49. The number of nitrogens with one attached hydrogen (secondary N) is 1. The lowest BCUT2D eigenvalue weighted by Gasteiger charge is -2.49. The van der Waals surface area contributed by atoms with Crippen molar-refractivity contribution in [3.05, 3.63) is 78.3 Å². The van der Waals surface area contributed by atoms with Crippen LogP contribution >= 0.6 is 0 Å². The summed E-state index contributed by atoms with van der Waals surface area (Å²) >= 11 is 0. The molecule has 2 saturated heterocycles. The van der Waals surface area contributed by atoms with Crippen LogP contribution in [0.3, 0.4) is 0 Å². The summed E-state index contributed by atoms with van der Waals surface area (Å²) in [5.41, 5.74) is 2.64. The number of piperazine rings is 1. The number of hydrogen-bond donors (Lipinski definition) is 1. The Morgan fingerprint density at radius 2 is 1.50 bits per heavy atom. The minimum Gasteiger partial charge on any atom is -0.353 e. The molecule has 1 amide bonds. The predicted molar refractivity (Wildman–Crippen MR) is 94.1 cm³/mol. The van der Waals surface area contributed by atoms with E-state index >= 15 is 0 Å². The highest BCUT2D eigenvalue weighted by molar-refractivity contribution is 5.84. The maximum Gasteiger partial charge on any atom is 0.239 e. The molecule has 2 heterocycles. The fourth-order valence-corrected chi connectivity index (χ4v) is 3.65. The number of amides is 1. The summed E-state index contributed by atoms with van der Waals surface area (Å²) in [6, 6.07) is 22.0. The van der Waals surface area contributed by atoms with Gasteiger partial charge in [0.2, 0.25) is 5.91 Å². The van der Waals surface area contributed by atoms with Crippen molar-refractivity contribution in [3.8, 4) is 0 Å². The summed E-state index contributed by atoms with van der Waals surface area (Å²) in [7, 11) is 0. The molecule has 0 aromatic heterocycles. The molecule has 2 aliphatic rings. The van der Waals surface area contributed by atoms with E-state index in [1.165, 1.54) is 11.1 Å². The topological polar surface area (TPSA) is 35.6 Å². The highest BCUT2D eigenvalue weighted by atomic mass is 16.2. The lowest BCUT2D eigenvalue weighted by Crippen LogP contribution is -2.62. The van der Waals surface area contributed by atoms with Crippen molar-refractivity contribution in [3.63, 3.8) is 0 Å². The number of carbonyl (C=O) groups excluding carboxylic acids is 1. The van der Waals surface area contributed by atoms with Crippen LogP contribution in [-0.4, -0.2) is 47.9 Å². The molecule has 0 atom stereocenters. The van der Waals surface area contributed by atoms with Crippen LogP contribution in [0.25, 0.3) is 0 Å². The van der Waals surface area contributed by atoms with E-state index < -0.39 is 0 Å². The van der Waals surface area contributed by atoms with Gasteiger partial charge in [-0.25, -0.2) is 0 Å². The standard InChI is InChI=1S/C20H22N3O/c24-19-15-22(12-11-21-19)18-13-23(14-18)20(16-7-3-1-4-8-16)17-9-5-2-6-10-17/h1-10,15,18,20H,11-14H2,(H,21,24). The van der Waals surface area contributed by atoms with Crippen molar-refractivity contribution < 1.29 is 4.79 Å². The second kappa shape index (κ2) is 6.75. The zero-order chi connectivity index (χ0) is 16.4. The predicted octanol–water partition coefficient (Wildman–Crippen LogP) is 2.05. The molecular weight excluding hydrogens is 298 g/mol. The zero-order valence-electron chi connectivity index (χ0n) is 13.6. The number of likely N-dealkylation sites (tertiary alicyclic amines) is 1. The molecule has 4 rings (SSSR count). The van der Waals surface area contributed by atoms with Crippen LogP contribution in [0.15, 0.2) is 60.7 Å². The molecule has 1 N–H and O–H groups in total. The van der Waals surface area contributed by atoms with E-state index in [-0.39, 0.29) is 11.9 Å². The molecule has 0 bridgehead atoms. The fourth-order valence-electron chi connectivity index (χ4n) is 3.65. The first-order valence-corrected chi connectivity index (χ1v) is 8.53. The highest BCUT2D eigenvalue weighted by Crippen LogP contribution is 2.33. The van der Waals surface area contributed by atoms with Gasteiger partial charge in [0.25, 0.3) is 0 Å². The van der Waals surface area contributed by atoms with Crippen LogP contribution < -0.4 is 5.32 Å². The Morgan fingerprint density at radius 3 is 2.04 bits per heavy atom. The maximum atomic E-state index is 11.6. The van der Waals surface area contributed by atoms with E-state index in [1.54, 1.807) is 6.54 Å². The third-order valence-corrected chi connectivity index (χ3v) is 4.91. The number of benzene rings is 2. The van der Waals surface area contributed by atoms with Gasteiger partial charge in [0, 0.05) is 32.2 Å². The van der Waals surface area contributed by atoms with E-state index in [0.717, 1.165) is 26.2 Å². The van der Waals surface area contributed by atoms with E-state index in [1.807, 2.05) is 0 Å². The molecule has 4 nitrogen and oxygen atoms in total. The molecule has 0 saturated carbocycles. The van der Waals surface area contributed by atoms with E-state index in [0.29, 0.717) is 6.04 Å². The lowest BCUT2D eigenvalue weighted by molar-refractivity contribution is -0.122. The SMILES string of the molecule is O=C1[CH]N(C2CN(C(c3ccccc3)c3ccccc3)C2)CCN1. The van der Waals surface area contributed by atoms with Gasteiger partial charge >= 0.3 is 0 Å². The van der Waals surface area contributed by atoms with Gasteiger partial charge in [0.1, 0.15) is 6.54 Å². The number of carbonyl (C=O) groups is 1. The summed E-state index contributed by atoms with van der Waals surface area (Å²) < 4.78 is 0. The average Bonchev–Trinajstić information content (AvgIpc) is 2.59. The summed E-state index contributed by atoms with van der Waals surface area (Å²) in [4.78, 5) is 16.2. The van der Waals surface area contributed by atoms with E-state index in [9.17, 15) is 4.79 Å². The van der Waals surface area contributed by atoms with Crippen molar-refractivity contribution >= 4 is 5.91 Å². The highest BCUT2D eigenvalue weighted by Gasteiger charge is 2.38. The Hall–Kier alpha value is -2.17. The van der Waals surface area contributed by atoms with Gasteiger partial charge in [-0.2, -0.15) is 0 Å². The van der Waals surface area contributed by atoms with Crippen molar-refractivity contribution in [1.29, 1.82) is 0 Å². The number of rotatable bonds is 4. The average molecular weight is 320 g/mol. The van der Waals surface area contributed by atoms with Gasteiger partial charge in [-0.3, -0.25) is 14.6 Å². The van der Waals surface area contributed by atoms with Crippen LogP contribution in [0.4, 0.5) is 0 Å². The van der Waals surface area contributed by atoms with Crippen LogP contribution in [0.5, 0.6) is 0 Å². The largest absolute Gasteiger partial charge is 0.353 e. The maximum absolute atomic E-state index is 11.6. The van der Waals surface area contributed by atoms with Crippen LogP contribution in [0.2, 0.25) is 0 Å². The monoisotopic (exact) mass is 320 g/mol. The van der Waals surface area contributed by atoms with Gasteiger partial charge in [-0.1, -0.05) is 60.7 Å². The molecule has 0 unspecified atom stereocenters. The van der Waals surface area contributed by atoms with Crippen molar-refractivity contribution in [1.82, 2.24) is 15.1 Å². The summed E-state index contributed by atoms with van der Waals surface area (Å²) in [5.74, 6) is 0.0300. The molecule has 1 radical (unpaired) electrons. The van der Waals surface area contributed by atoms with Gasteiger partial charge in [-0.15, -0.1) is 0 Å². The Bertz CT molecular complexity index is 643. The van der Waals surface area contributed by atoms with Crippen LogP contribution in [-0.2, 0) is 4.79 Å². The van der Waals surface area contributed by atoms with E-state index in [4.69, 9.17) is 0 Å². The van der Waals surface area contributed by atoms with E-state index in [2.05, 4.69) is 75.8 Å². The van der Waals surface area contributed by atoms with Crippen LogP contribution in [0.1, 0.15) is 17.2 Å². The molecule has 2 fully saturated rings. The van der Waals surface area contributed by atoms with Crippen molar-refractivity contribution in [2.45, 2.75) is 12.1 Å². The number of nitrogens with zero attached hydrogens (tertiary/aromatic N) is 2. The summed E-state index contributed by atoms with van der Waals surface area (Å²) in [5, 5.41) is 2.85. The molecular formula is C20H22N3O. The van der Waals surface area contributed by atoms with Crippen molar-refractivity contribution in [2.24, 2.45) is 0 Å². The summed E-state index contributed by atoms with van der Waals surface area (Å²) in [6.45, 7) is 5.35. The third kappa shape index (κ3) is 3.07. The molecule has 2 aromatic carbocycles. The Balaban J connectivity index is 1.51. The number of hydrogen-bond acceptors (Lipinski definition) is 3. The van der Waals surface area contributed by atoms with Gasteiger partial charge in [-0.05, 0) is 11.1 Å². The molecule has 123 valence electrons. The first-order chi connectivity index (χ1) is 11.8. The first-order valence-electron chi connectivity index (χ1n) is 8.53. The molecule has 0 spiro atoms. The zero-order valence-corrected chi connectivity index (χ0v) is 13.6. The van der Waals surface area contributed by atoms with Crippen molar-refractivity contribution in [2.75, 3.05) is 26.2 Å². The minimum atomic E-state index is 0.0300. The third-order valence-electron chi connectivity index (χ3n) is 4.91. The van der Waals surface area contributed by atoms with Gasteiger partial charge < -0.3 is 5.32 Å². The van der Waals surface area contributed by atoms with Crippen LogP contribution in [0, 0.1) is 6.54 Å². The fraction of sp³-hybridized carbons (Fsp3) is 0.300. The lowest BCUT2D eigenvalue weighted by atomic mass is 9.92. The Morgan fingerprint density at radius 1 is 0.917 bits per heavy atom. The Labute approximate surface area is 143 Å². The van der Waals surface area contributed by atoms with Gasteiger partial charge in [0.05, 0.1) is 6.04 Å². The quantitative estimate of drug-likeness (QED) is 0.936. The summed E-state index contributed by atoms with van der Waals surface area (Å²) in [6.07, 6.45) is 0. The second-order valence-corrected chi connectivity index (χ2v) is 6.49.